The topological polar surface area (TPSA) is 3.24 Å². The van der Waals surface area contributed by atoms with E-state index in [1.54, 1.807) is 0 Å². The highest BCUT2D eigenvalue weighted by Gasteiger charge is 2.14. The molecule has 0 aromatic carbocycles. The molecule has 1 nitrogen and oxygen atoms in total. The zero-order valence-corrected chi connectivity index (χ0v) is 9.48. The van der Waals surface area contributed by atoms with Gasteiger partial charge in [0.25, 0.3) is 0 Å². The summed E-state index contributed by atoms with van der Waals surface area (Å²) >= 11 is 0. The molecule has 0 saturated heterocycles. The molecule has 0 heterocycles. The molecule has 0 amide bonds. The summed E-state index contributed by atoms with van der Waals surface area (Å²) in [5.41, 5.74) is 0.448. The fourth-order valence-electron chi connectivity index (χ4n) is 1.40. The van der Waals surface area contributed by atoms with Crippen LogP contribution in [0.5, 0.6) is 0 Å². The van der Waals surface area contributed by atoms with Crippen LogP contribution < -0.4 is 0 Å². The molecular formula is C11H25N. The normalized spacial score (nSPS) is 12.5. The summed E-state index contributed by atoms with van der Waals surface area (Å²) in [5, 5.41) is 0. The Morgan fingerprint density at radius 1 is 1.08 bits per heavy atom. The van der Waals surface area contributed by atoms with Gasteiger partial charge >= 0.3 is 0 Å². The van der Waals surface area contributed by atoms with Crippen LogP contribution in [0.2, 0.25) is 0 Å². The van der Waals surface area contributed by atoms with Crippen LogP contribution in [0, 0.1) is 5.41 Å². The predicted octanol–water partition coefficient (Wildman–Crippen LogP) is 3.15. The minimum absolute atomic E-state index is 0.448. The first-order valence-electron chi connectivity index (χ1n) is 5.22. The molecule has 0 aliphatic heterocycles. The lowest BCUT2D eigenvalue weighted by Gasteiger charge is -2.28. The summed E-state index contributed by atoms with van der Waals surface area (Å²) in [7, 11) is 0. The second-order valence-corrected chi connectivity index (χ2v) is 4.78. The first-order chi connectivity index (χ1) is 5.49. The summed E-state index contributed by atoms with van der Waals surface area (Å²) in [6.45, 7) is 15.1. The number of rotatable bonds is 5. The predicted molar refractivity (Wildman–Crippen MR) is 56.5 cm³/mol. The second-order valence-electron chi connectivity index (χ2n) is 4.78. The Morgan fingerprint density at radius 2 is 1.67 bits per heavy atom. The molecule has 12 heavy (non-hydrogen) atoms. The summed E-state index contributed by atoms with van der Waals surface area (Å²) in [6.07, 6.45) is 2.64. The fourth-order valence-corrected chi connectivity index (χ4v) is 1.40. The van der Waals surface area contributed by atoms with Crippen LogP contribution in [-0.2, 0) is 0 Å². The molecule has 0 atom stereocenters. The van der Waals surface area contributed by atoms with Gasteiger partial charge in [0.1, 0.15) is 0 Å². The van der Waals surface area contributed by atoms with E-state index in [0.717, 1.165) is 0 Å². The van der Waals surface area contributed by atoms with Gasteiger partial charge in [0, 0.05) is 6.54 Å². The van der Waals surface area contributed by atoms with Gasteiger partial charge in [-0.3, -0.25) is 0 Å². The van der Waals surface area contributed by atoms with Crippen LogP contribution in [0.4, 0.5) is 0 Å². The van der Waals surface area contributed by atoms with Crippen molar-refractivity contribution in [3.63, 3.8) is 0 Å². The maximum absolute atomic E-state index is 2.55. The summed E-state index contributed by atoms with van der Waals surface area (Å²) in [4.78, 5) is 2.55. The number of hydrogen-bond acceptors (Lipinski definition) is 1. The number of unbranched alkanes of at least 4 members (excludes halogenated alkanes) is 1. The van der Waals surface area contributed by atoms with Gasteiger partial charge < -0.3 is 4.90 Å². The van der Waals surface area contributed by atoms with Crippen molar-refractivity contribution in [1.29, 1.82) is 0 Å². The Balaban J connectivity index is 3.67. The third-order valence-electron chi connectivity index (χ3n) is 1.97. The average Bonchev–Trinajstić information content (AvgIpc) is 1.95. The van der Waals surface area contributed by atoms with Crippen LogP contribution in [0.25, 0.3) is 0 Å². The number of nitrogens with zero attached hydrogens (tertiary/aromatic N) is 1. The summed E-state index contributed by atoms with van der Waals surface area (Å²) < 4.78 is 0. The molecule has 0 aromatic rings. The van der Waals surface area contributed by atoms with Gasteiger partial charge in [0.15, 0.2) is 0 Å². The molecule has 1 heteroatoms. The lowest BCUT2D eigenvalue weighted by atomic mass is 9.96. The van der Waals surface area contributed by atoms with Crippen molar-refractivity contribution in [2.45, 2.75) is 47.5 Å². The highest BCUT2D eigenvalue weighted by molar-refractivity contribution is 4.67. The van der Waals surface area contributed by atoms with Crippen molar-refractivity contribution in [3.8, 4) is 0 Å². The van der Waals surface area contributed by atoms with E-state index in [1.165, 1.54) is 32.5 Å². The Bertz CT molecular complexity index is 102. The molecule has 0 saturated carbocycles. The van der Waals surface area contributed by atoms with Gasteiger partial charge in [0.05, 0.1) is 0 Å². The molecule has 0 aliphatic rings. The molecule has 0 bridgehead atoms. The molecule has 0 aliphatic carbocycles. The largest absolute Gasteiger partial charge is 0.303 e. The third kappa shape index (κ3) is 6.66. The van der Waals surface area contributed by atoms with E-state index in [9.17, 15) is 0 Å². The van der Waals surface area contributed by atoms with Crippen LogP contribution in [0.1, 0.15) is 47.5 Å². The zero-order valence-electron chi connectivity index (χ0n) is 9.48. The van der Waals surface area contributed by atoms with Gasteiger partial charge in [-0.2, -0.15) is 0 Å². The molecule has 0 rings (SSSR count). The quantitative estimate of drug-likeness (QED) is 0.614. The summed E-state index contributed by atoms with van der Waals surface area (Å²) in [6, 6.07) is 0. The van der Waals surface area contributed by atoms with Gasteiger partial charge in [-0.05, 0) is 24.9 Å². The van der Waals surface area contributed by atoms with Gasteiger partial charge in [-0.15, -0.1) is 0 Å². The number of hydrogen-bond donors (Lipinski definition) is 0. The molecular weight excluding hydrogens is 146 g/mol. The molecule has 0 radical (unpaired) electrons. The van der Waals surface area contributed by atoms with Crippen molar-refractivity contribution in [2.24, 2.45) is 5.41 Å². The second kappa shape index (κ2) is 5.58. The van der Waals surface area contributed by atoms with Crippen molar-refractivity contribution in [1.82, 2.24) is 4.90 Å². The highest BCUT2D eigenvalue weighted by Crippen LogP contribution is 2.15. The van der Waals surface area contributed by atoms with Crippen molar-refractivity contribution < 1.29 is 0 Å². The van der Waals surface area contributed by atoms with E-state index in [4.69, 9.17) is 0 Å². The minimum atomic E-state index is 0.448. The van der Waals surface area contributed by atoms with E-state index in [0.29, 0.717) is 5.41 Å². The third-order valence-corrected chi connectivity index (χ3v) is 1.97. The molecule has 0 N–H and O–H groups in total. The van der Waals surface area contributed by atoms with Crippen molar-refractivity contribution in [2.75, 3.05) is 19.6 Å². The smallest absolute Gasteiger partial charge is 0.00299 e. The first-order valence-corrected chi connectivity index (χ1v) is 5.22. The standard InChI is InChI=1S/C11H25N/c1-6-8-9-12(7-2)10-11(3,4)5/h6-10H2,1-5H3. The average molecular weight is 171 g/mol. The van der Waals surface area contributed by atoms with Crippen molar-refractivity contribution >= 4 is 0 Å². The lowest BCUT2D eigenvalue weighted by Crippen LogP contribution is -2.33. The van der Waals surface area contributed by atoms with Gasteiger partial charge in [0.2, 0.25) is 0 Å². The summed E-state index contributed by atoms with van der Waals surface area (Å²) in [5.74, 6) is 0. The van der Waals surface area contributed by atoms with Gasteiger partial charge in [-0.25, -0.2) is 0 Å². The van der Waals surface area contributed by atoms with Crippen LogP contribution in [-0.4, -0.2) is 24.5 Å². The maximum Gasteiger partial charge on any atom is 0.00299 e. The lowest BCUT2D eigenvalue weighted by molar-refractivity contribution is 0.197. The SMILES string of the molecule is CCCCN(CC)CC(C)(C)C. The van der Waals surface area contributed by atoms with Crippen LogP contribution in [0.15, 0.2) is 0 Å². The molecule has 74 valence electrons. The Kier molecular flexibility index (Phi) is 5.56. The molecule has 0 aromatic heterocycles. The van der Waals surface area contributed by atoms with E-state index in [1.807, 2.05) is 0 Å². The van der Waals surface area contributed by atoms with Crippen LogP contribution >= 0.6 is 0 Å². The van der Waals surface area contributed by atoms with Crippen LogP contribution in [0.3, 0.4) is 0 Å². The van der Waals surface area contributed by atoms with E-state index in [2.05, 4.69) is 39.5 Å². The maximum atomic E-state index is 2.55. The van der Waals surface area contributed by atoms with E-state index >= 15 is 0 Å². The monoisotopic (exact) mass is 171 g/mol. The van der Waals surface area contributed by atoms with Gasteiger partial charge in [-0.1, -0.05) is 41.0 Å². The Hall–Kier alpha value is -0.0400. The molecule has 0 spiro atoms. The Labute approximate surface area is 78.1 Å². The molecule has 0 unspecified atom stereocenters. The Morgan fingerprint density at radius 3 is 2.00 bits per heavy atom. The first kappa shape index (κ1) is 12.0. The molecule has 0 fully saturated rings. The van der Waals surface area contributed by atoms with E-state index < -0.39 is 0 Å². The zero-order chi connectivity index (χ0) is 9.61. The minimum Gasteiger partial charge on any atom is -0.303 e. The van der Waals surface area contributed by atoms with E-state index in [-0.39, 0.29) is 0 Å². The highest BCUT2D eigenvalue weighted by atomic mass is 15.1. The van der Waals surface area contributed by atoms with Crippen molar-refractivity contribution in [3.05, 3.63) is 0 Å². The fraction of sp³-hybridized carbons (Fsp3) is 1.00.